The van der Waals surface area contributed by atoms with Crippen LogP contribution in [0.3, 0.4) is 0 Å². The number of carbonyl (C=O) groups excluding carboxylic acids is 1. The predicted molar refractivity (Wildman–Crippen MR) is 65.8 cm³/mol. The summed E-state index contributed by atoms with van der Waals surface area (Å²) in [6.45, 7) is 1.30. The normalized spacial score (nSPS) is 22.9. The maximum Gasteiger partial charge on any atom is 0.438 e. The molecule has 0 bridgehead atoms. The van der Waals surface area contributed by atoms with Crippen molar-refractivity contribution in [1.82, 2.24) is 5.01 Å². The molecule has 108 valence electrons. The van der Waals surface area contributed by atoms with Crippen LogP contribution in [0.1, 0.15) is 23.7 Å². The summed E-state index contributed by atoms with van der Waals surface area (Å²) in [5.41, 5.74) is 2.10. The van der Waals surface area contributed by atoms with Crippen molar-refractivity contribution in [3.63, 3.8) is 0 Å². The van der Waals surface area contributed by atoms with E-state index < -0.39 is 24.2 Å². The highest BCUT2D eigenvalue weighted by molar-refractivity contribution is 6.01. The van der Waals surface area contributed by atoms with Crippen molar-refractivity contribution >= 4 is 17.3 Å². The Labute approximate surface area is 112 Å². The van der Waals surface area contributed by atoms with Crippen LogP contribution in [0.15, 0.2) is 29.4 Å². The predicted octanol–water partition coefficient (Wildman–Crippen LogP) is 1.74. The van der Waals surface area contributed by atoms with E-state index in [0.29, 0.717) is 0 Å². The molecule has 3 N–H and O–H groups in total. The first-order valence-electron chi connectivity index (χ1n) is 5.69. The van der Waals surface area contributed by atoms with E-state index in [1.165, 1.54) is 25.1 Å². The average molecular weight is 287 g/mol. The number of hydrogen-bond donors (Lipinski definition) is 2. The average Bonchev–Trinajstić information content (AvgIpc) is 2.65. The summed E-state index contributed by atoms with van der Waals surface area (Å²) in [6.07, 6.45) is -5.80. The van der Waals surface area contributed by atoms with Gasteiger partial charge in [-0.25, -0.2) is 0 Å². The molecule has 0 radical (unpaired) electrons. The minimum Gasteiger partial charge on any atom is -0.398 e. The molecule has 1 atom stereocenters. The van der Waals surface area contributed by atoms with Crippen molar-refractivity contribution in [1.29, 1.82) is 0 Å². The van der Waals surface area contributed by atoms with Gasteiger partial charge in [-0.1, -0.05) is 12.1 Å². The van der Waals surface area contributed by atoms with Crippen LogP contribution in [0.4, 0.5) is 18.9 Å². The number of hydrazone groups is 1. The molecule has 8 heteroatoms. The highest BCUT2D eigenvalue weighted by Crippen LogP contribution is 2.41. The van der Waals surface area contributed by atoms with Gasteiger partial charge in [-0.15, -0.1) is 0 Å². The van der Waals surface area contributed by atoms with Crippen molar-refractivity contribution in [3.05, 3.63) is 29.8 Å². The molecule has 1 aromatic rings. The number of carbonyl (C=O) groups is 1. The molecule has 0 saturated carbocycles. The molecule has 0 spiro atoms. The largest absolute Gasteiger partial charge is 0.438 e. The van der Waals surface area contributed by atoms with Gasteiger partial charge < -0.3 is 10.8 Å². The number of halogens is 3. The number of para-hydroxylation sites is 1. The molecule has 0 unspecified atom stereocenters. The van der Waals surface area contributed by atoms with Crippen LogP contribution >= 0.6 is 0 Å². The third-order valence-corrected chi connectivity index (χ3v) is 2.96. The highest BCUT2D eigenvalue weighted by atomic mass is 19.4. The second-order valence-electron chi connectivity index (χ2n) is 4.53. The van der Waals surface area contributed by atoms with E-state index in [1.54, 1.807) is 6.07 Å². The van der Waals surface area contributed by atoms with Crippen LogP contribution < -0.4 is 5.73 Å². The van der Waals surface area contributed by atoms with Crippen molar-refractivity contribution in [2.24, 2.45) is 5.10 Å². The lowest BCUT2D eigenvalue weighted by Gasteiger charge is -2.32. The van der Waals surface area contributed by atoms with Crippen molar-refractivity contribution in [2.75, 3.05) is 5.73 Å². The Morgan fingerprint density at radius 3 is 2.60 bits per heavy atom. The van der Waals surface area contributed by atoms with E-state index >= 15 is 0 Å². The molecular weight excluding hydrogens is 275 g/mol. The van der Waals surface area contributed by atoms with Crippen LogP contribution in [0.25, 0.3) is 0 Å². The number of nitrogen functional groups attached to an aromatic ring is 1. The van der Waals surface area contributed by atoms with Crippen molar-refractivity contribution < 1.29 is 23.1 Å². The lowest BCUT2D eigenvalue weighted by Crippen LogP contribution is -2.56. The number of nitrogens with two attached hydrogens (primary N) is 1. The van der Waals surface area contributed by atoms with Gasteiger partial charge in [-0.2, -0.15) is 23.3 Å². The zero-order chi connectivity index (χ0) is 15.1. The minimum atomic E-state index is -5.02. The fourth-order valence-corrected chi connectivity index (χ4v) is 1.96. The minimum absolute atomic E-state index is 0.00711. The number of nitrogens with zero attached hydrogens (tertiary/aromatic N) is 2. The first-order valence-corrected chi connectivity index (χ1v) is 5.69. The summed E-state index contributed by atoms with van der Waals surface area (Å²) >= 11 is 0. The third kappa shape index (κ3) is 2.11. The van der Waals surface area contributed by atoms with Gasteiger partial charge >= 0.3 is 6.18 Å². The van der Waals surface area contributed by atoms with Crippen molar-refractivity contribution in [2.45, 2.75) is 25.2 Å². The number of anilines is 1. The van der Waals surface area contributed by atoms with E-state index in [1.807, 2.05) is 0 Å². The van der Waals surface area contributed by atoms with Crippen molar-refractivity contribution in [3.8, 4) is 0 Å². The molecular formula is C12H12F3N3O2. The van der Waals surface area contributed by atoms with E-state index in [9.17, 15) is 23.1 Å². The summed E-state index contributed by atoms with van der Waals surface area (Å²) in [7, 11) is 0. The number of benzene rings is 1. The molecule has 0 fully saturated rings. The van der Waals surface area contributed by atoms with Gasteiger partial charge in [0, 0.05) is 17.8 Å². The number of hydrogen-bond acceptors (Lipinski definition) is 4. The molecule has 5 nitrogen and oxygen atoms in total. The molecule has 1 aliphatic heterocycles. The van der Waals surface area contributed by atoms with Crippen LogP contribution in [0.5, 0.6) is 0 Å². The second-order valence-corrected chi connectivity index (χ2v) is 4.53. The van der Waals surface area contributed by atoms with Gasteiger partial charge in [0.05, 0.1) is 5.56 Å². The Bertz CT molecular complexity index is 586. The SMILES string of the molecule is CC1=NN(C(=O)c2ccccc2N)[C@@](O)(C(F)(F)F)C1. The van der Waals surface area contributed by atoms with Crippen LogP contribution in [0, 0.1) is 0 Å². The van der Waals surface area contributed by atoms with Crippen LogP contribution in [-0.4, -0.2) is 33.6 Å². The Hall–Kier alpha value is -2.09. The number of amides is 1. The first kappa shape index (κ1) is 14.3. The Balaban J connectivity index is 2.45. The number of rotatable bonds is 1. The standard InChI is InChI=1S/C12H12F3N3O2/c1-7-6-11(20,12(13,14)15)18(17-7)10(19)8-4-2-3-5-9(8)16/h2-5,20H,6,16H2,1H3/t11-/m0/s1. The van der Waals surface area contributed by atoms with Gasteiger partial charge in [0.25, 0.3) is 11.6 Å². The Kier molecular flexibility index (Phi) is 3.21. The fourth-order valence-electron chi connectivity index (χ4n) is 1.96. The molecule has 2 rings (SSSR count). The Morgan fingerprint density at radius 1 is 1.45 bits per heavy atom. The maximum absolute atomic E-state index is 13.0. The van der Waals surface area contributed by atoms with Gasteiger partial charge in [-0.05, 0) is 19.1 Å². The fraction of sp³-hybridized carbons (Fsp3) is 0.333. The van der Waals surface area contributed by atoms with E-state index in [0.717, 1.165) is 0 Å². The molecule has 1 aromatic carbocycles. The molecule has 0 aromatic heterocycles. The zero-order valence-electron chi connectivity index (χ0n) is 10.5. The summed E-state index contributed by atoms with van der Waals surface area (Å²) in [6, 6.07) is 5.66. The molecule has 0 aliphatic carbocycles. The van der Waals surface area contributed by atoms with Gasteiger partial charge in [0.2, 0.25) is 0 Å². The summed E-state index contributed by atoms with van der Waals surface area (Å²) in [4.78, 5) is 12.2. The summed E-state index contributed by atoms with van der Waals surface area (Å²) < 4.78 is 39.0. The molecule has 1 aliphatic rings. The highest BCUT2D eigenvalue weighted by Gasteiger charge is 2.62. The summed E-state index contributed by atoms with van der Waals surface area (Å²) in [5, 5.41) is 13.4. The number of aliphatic hydroxyl groups is 1. The quantitative estimate of drug-likeness (QED) is 0.772. The van der Waals surface area contributed by atoms with Gasteiger partial charge in [-0.3, -0.25) is 4.79 Å². The third-order valence-electron chi connectivity index (χ3n) is 2.96. The van der Waals surface area contributed by atoms with E-state index in [2.05, 4.69) is 5.10 Å². The molecule has 1 heterocycles. The van der Waals surface area contributed by atoms with Gasteiger partial charge in [0.15, 0.2) is 0 Å². The Morgan fingerprint density at radius 2 is 2.05 bits per heavy atom. The lowest BCUT2D eigenvalue weighted by atomic mass is 10.1. The van der Waals surface area contributed by atoms with Crippen LogP contribution in [-0.2, 0) is 0 Å². The summed E-state index contributed by atoms with van der Waals surface area (Å²) in [5.74, 6) is -1.10. The first-order chi connectivity index (χ1) is 9.17. The van der Waals surface area contributed by atoms with Gasteiger partial charge in [0.1, 0.15) is 0 Å². The second kappa shape index (κ2) is 4.48. The van der Waals surface area contributed by atoms with Crippen LogP contribution in [0.2, 0.25) is 0 Å². The maximum atomic E-state index is 13.0. The molecule has 1 amide bonds. The smallest absolute Gasteiger partial charge is 0.398 e. The number of alkyl halides is 3. The monoisotopic (exact) mass is 287 g/mol. The zero-order valence-corrected chi connectivity index (χ0v) is 10.5. The molecule has 0 saturated heterocycles. The molecule has 20 heavy (non-hydrogen) atoms. The lowest BCUT2D eigenvalue weighted by molar-refractivity contribution is -0.297. The van der Waals surface area contributed by atoms with E-state index in [-0.39, 0.29) is 22.0 Å². The van der Waals surface area contributed by atoms with E-state index in [4.69, 9.17) is 5.73 Å². The topological polar surface area (TPSA) is 78.9 Å².